The van der Waals surface area contributed by atoms with Crippen molar-refractivity contribution in [2.75, 3.05) is 23.4 Å². The lowest BCUT2D eigenvalue weighted by Crippen LogP contribution is -2.39. The number of rotatable bonds is 9. The van der Waals surface area contributed by atoms with Crippen molar-refractivity contribution < 1.29 is 23.5 Å². The van der Waals surface area contributed by atoms with Crippen LogP contribution in [0.15, 0.2) is 72.8 Å². The van der Waals surface area contributed by atoms with E-state index in [1.54, 1.807) is 48.2 Å². The number of thiocarbonyl (C=S) groups is 1. The van der Waals surface area contributed by atoms with Gasteiger partial charge in [-0.25, -0.2) is 9.18 Å². The molecule has 0 aliphatic carbocycles. The maximum atomic E-state index is 13.5. The molecule has 1 N–H and O–H groups in total. The van der Waals surface area contributed by atoms with Gasteiger partial charge in [0, 0.05) is 17.3 Å². The van der Waals surface area contributed by atoms with E-state index in [1.165, 1.54) is 29.2 Å². The van der Waals surface area contributed by atoms with Crippen molar-refractivity contribution in [3.05, 3.63) is 94.8 Å². The standard InChI is InChI=1S/C28H25ClFN3O4S/c1-2-37-27(36)19-5-11-22(12-6-19)31-25(34)17-24-26(35)33(23-13-9-21(30)10-14-23)28(38)32(24)16-15-18-3-7-20(29)8-4-18/h3-14,24H,2,15-17H2,1H3,(H,31,34)/t24-/m1/s1. The third-order valence-corrected chi connectivity index (χ3v) is 6.69. The van der Waals surface area contributed by atoms with E-state index in [2.05, 4.69) is 5.32 Å². The normalized spacial score (nSPS) is 15.1. The largest absolute Gasteiger partial charge is 0.462 e. The minimum Gasteiger partial charge on any atom is -0.462 e. The van der Waals surface area contributed by atoms with Crippen LogP contribution in [0.1, 0.15) is 29.3 Å². The topological polar surface area (TPSA) is 78.9 Å². The van der Waals surface area contributed by atoms with E-state index in [4.69, 9.17) is 28.6 Å². The van der Waals surface area contributed by atoms with Crippen LogP contribution in [0, 0.1) is 5.82 Å². The molecule has 196 valence electrons. The van der Waals surface area contributed by atoms with Gasteiger partial charge >= 0.3 is 5.97 Å². The zero-order valence-corrected chi connectivity index (χ0v) is 22.1. The number of hydrogen-bond donors (Lipinski definition) is 1. The second-order valence-electron chi connectivity index (χ2n) is 8.57. The van der Waals surface area contributed by atoms with Crippen molar-refractivity contribution in [2.45, 2.75) is 25.8 Å². The highest BCUT2D eigenvalue weighted by Gasteiger charge is 2.43. The average molecular weight is 554 g/mol. The Kier molecular flexibility index (Phi) is 8.70. The molecule has 1 aliphatic heterocycles. The maximum absolute atomic E-state index is 13.5. The number of carbonyl (C=O) groups is 3. The minimum atomic E-state index is -0.848. The Morgan fingerprint density at radius 3 is 2.32 bits per heavy atom. The number of halogens is 2. The average Bonchev–Trinajstić information content (AvgIpc) is 3.13. The van der Waals surface area contributed by atoms with Crippen LogP contribution in [0.3, 0.4) is 0 Å². The Labute approximate surface area is 230 Å². The smallest absolute Gasteiger partial charge is 0.338 e. The summed E-state index contributed by atoms with van der Waals surface area (Å²) in [6.45, 7) is 2.37. The number of carbonyl (C=O) groups excluding carboxylic acids is 3. The fourth-order valence-electron chi connectivity index (χ4n) is 4.11. The number of esters is 1. The molecule has 4 rings (SSSR count). The second-order valence-corrected chi connectivity index (χ2v) is 9.37. The molecule has 1 saturated heterocycles. The molecule has 0 saturated carbocycles. The number of nitrogens with one attached hydrogen (secondary N) is 1. The lowest BCUT2D eigenvalue weighted by atomic mass is 10.1. The fraction of sp³-hybridized carbons (Fsp3) is 0.214. The van der Waals surface area contributed by atoms with Crippen molar-refractivity contribution >= 4 is 58.1 Å². The lowest BCUT2D eigenvalue weighted by molar-refractivity contribution is -0.124. The van der Waals surface area contributed by atoms with Crippen LogP contribution in [-0.4, -0.2) is 47.0 Å². The summed E-state index contributed by atoms with van der Waals surface area (Å²) in [7, 11) is 0. The molecule has 38 heavy (non-hydrogen) atoms. The van der Waals surface area contributed by atoms with Gasteiger partial charge in [0.05, 0.1) is 24.3 Å². The number of benzene rings is 3. The first kappa shape index (κ1) is 27.2. The summed E-state index contributed by atoms with van der Waals surface area (Å²) >= 11 is 11.6. The highest BCUT2D eigenvalue weighted by Crippen LogP contribution is 2.28. The SMILES string of the molecule is CCOC(=O)c1ccc(NC(=O)C[C@@H]2C(=O)N(c3ccc(F)cc3)C(=S)N2CCc2ccc(Cl)cc2)cc1. The first-order valence-corrected chi connectivity index (χ1v) is 12.8. The monoisotopic (exact) mass is 553 g/mol. The molecule has 1 aliphatic rings. The predicted octanol–water partition coefficient (Wildman–Crippen LogP) is 5.23. The second kappa shape index (κ2) is 12.1. The Bertz CT molecular complexity index is 1330. The fourth-order valence-corrected chi connectivity index (χ4v) is 4.65. The summed E-state index contributed by atoms with van der Waals surface area (Å²) in [5, 5.41) is 3.63. The van der Waals surface area contributed by atoms with E-state index in [0.717, 1.165) is 5.56 Å². The van der Waals surface area contributed by atoms with Crippen LogP contribution in [0.25, 0.3) is 0 Å². The molecule has 1 heterocycles. The van der Waals surface area contributed by atoms with Crippen molar-refractivity contribution in [2.24, 2.45) is 0 Å². The Hall–Kier alpha value is -3.82. The molecule has 7 nitrogen and oxygen atoms in total. The third-order valence-electron chi connectivity index (χ3n) is 6.02. The zero-order valence-electron chi connectivity index (χ0n) is 20.5. The van der Waals surface area contributed by atoms with Crippen LogP contribution < -0.4 is 10.2 Å². The molecule has 10 heteroatoms. The van der Waals surface area contributed by atoms with Crippen molar-refractivity contribution in [1.82, 2.24) is 4.90 Å². The Morgan fingerprint density at radius 2 is 1.68 bits per heavy atom. The molecule has 1 atom stereocenters. The molecule has 3 aromatic rings. The van der Waals surface area contributed by atoms with Crippen molar-refractivity contribution in [1.29, 1.82) is 0 Å². The van der Waals surface area contributed by atoms with E-state index in [-0.39, 0.29) is 24.0 Å². The zero-order chi connectivity index (χ0) is 27.2. The van der Waals surface area contributed by atoms with Gasteiger partial charge in [-0.05, 0) is 91.8 Å². The number of ether oxygens (including phenoxy) is 1. The molecule has 0 bridgehead atoms. The van der Waals surface area contributed by atoms with Crippen LogP contribution in [0.5, 0.6) is 0 Å². The van der Waals surface area contributed by atoms with Gasteiger partial charge in [0.2, 0.25) is 5.91 Å². The molecule has 0 radical (unpaired) electrons. The summed E-state index contributed by atoms with van der Waals surface area (Å²) in [6.07, 6.45) is 0.409. The quantitative estimate of drug-likeness (QED) is 0.289. The Balaban J connectivity index is 1.51. The van der Waals surface area contributed by atoms with E-state index >= 15 is 0 Å². The van der Waals surface area contributed by atoms with Gasteiger partial charge in [-0.3, -0.25) is 14.5 Å². The first-order valence-electron chi connectivity index (χ1n) is 12.0. The third kappa shape index (κ3) is 6.35. The number of amides is 2. The summed E-state index contributed by atoms with van der Waals surface area (Å²) in [5.41, 5.74) is 2.26. The maximum Gasteiger partial charge on any atom is 0.338 e. The molecule has 1 fully saturated rings. The summed E-state index contributed by atoms with van der Waals surface area (Å²) < 4.78 is 18.5. The van der Waals surface area contributed by atoms with Gasteiger partial charge in [0.15, 0.2) is 5.11 Å². The molecule has 0 spiro atoms. The number of nitrogens with zero attached hydrogens (tertiary/aromatic N) is 2. The molecule has 3 aromatic carbocycles. The summed E-state index contributed by atoms with van der Waals surface area (Å²) in [5.74, 6) is -1.65. The first-order chi connectivity index (χ1) is 18.3. The van der Waals surface area contributed by atoms with Crippen LogP contribution >= 0.6 is 23.8 Å². The van der Waals surface area contributed by atoms with Gasteiger partial charge in [0.25, 0.3) is 5.91 Å². The van der Waals surface area contributed by atoms with Crippen molar-refractivity contribution in [3.8, 4) is 0 Å². The van der Waals surface area contributed by atoms with Gasteiger partial charge < -0.3 is 15.0 Å². The number of anilines is 2. The minimum absolute atomic E-state index is 0.156. The van der Waals surface area contributed by atoms with E-state index in [9.17, 15) is 18.8 Å². The Morgan fingerprint density at radius 1 is 1.03 bits per heavy atom. The van der Waals surface area contributed by atoms with Crippen molar-refractivity contribution in [3.63, 3.8) is 0 Å². The summed E-state index contributed by atoms with van der Waals surface area (Å²) in [4.78, 5) is 41.4. The van der Waals surface area contributed by atoms with Gasteiger partial charge in [0.1, 0.15) is 11.9 Å². The molecule has 2 amide bonds. The van der Waals surface area contributed by atoms with E-state index < -0.39 is 23.7 Å². The molecule has 0 unspecified atom stereocenters. The summed E-state index contributed by atoms with van der Waals surface area (Å²) in [6, 6.07) is 18.3. The highest BCUT2D eigenvalue weighted by molar-refractivity contribution is 7.80. The lowest BCUT2D eigenvalue weighted by Gasteiger charge is -2.24. The van der Waals surface area contributed by atoms with Gasteiger partial charge in [-0.1, -0.05) is 23.7 Å². The highest BCUT2D eigenvalue weighted by atomic mass is 35.5. The van der Waals surface area contributed by atoms with Gasteiger partial charge in [-0.2, -0.15) is 0 Å². The molecular formula is C28H25ClFN3O4S. The van der Waals surface area contributed by atoms with Crippen LogP contribution in [-0.2, 0) is 20.7 Å². The molecule has 0 aromatic heterocycles. The predicted molar refractivity (Wildman–Crippen MR) is 148 cm³/mol. The van der Waals surface area contributed by atoms with E-state index in [0.29, 0.717) is 34.9 Å². The van der Waals surface area contributed by atoms with Crippen LogP contribution in [0.4, 0.5) is 15.8 Å². The molecular weight excluding hydrogens is 529 g/mol. The van der Waals surface area contributed by atoms with Gasteiger partial charge in [-0.15, -0.1) is 0 Å². The van der Waals surface area contributed by atoms with Crippen LogP contribution in [0.2, 0.25) is 5.02 Å². The van der Waals surface area contributed by atoms with E-state index in [1.807, 2.05) is 12.1 Å². The number of hydrogen-bond acceptors (Lipinski definition) is 5.